The van der Waals surface area contributed by atoms with E-state index in [1.807, 2.05) is 53.7 Å². The maximum atomic E-state index is 12.8. The molecule has 152 valence electrons. The number of esters is 1. The van der Waals surface area contributed by atoms with E-state index in [-0.39, 0.29) is 12.3 Å². The predicted molar refractivity (Wildman–Crippen MR) is 110 cm³/mol. The van der Waals surface area contributed by atoms with E-state index in [9.17, 15) is 14.4 Å². The van der Waals surface area contributed by atoms with Crippen LogP contribution in [0.1, 0.15) is 70.3 Å². The third-order valence-electron chi connectivity index (χ3n) is 5.15. The molecule has 0 bridgehead atoms. The van der Waals surface area contributed by atoms with Gasteiger partial charge in [-0.1, -0.05) is 58.9 Å². The van der Waals surface area contributed by atoms with Crippen molar-refractivity contribution in [2.24, 2.45) is 17.1 Å². The Labute approximate surface area is 167 Å². The fraction of sp³-hybridized carbons (Fsp3) is 0.522. The fourth-order valence-corrected chi connectivity index (χ4v) is 3.39. The number of ketones is 2. The molecule has 2 unspecified atom stereocenters. The molecule has 0 saturated heterocycles. The lowest BCUT2D eigenvalue weighted by atomic mass is 9.78. The number of nitrogens with two attached hydrogens (primary N) is 1. The monoisotopic (exact) mass is 385 g/mol. The summed E-state index contributed by atoms with van der Waals surface area (Å²) >= 11 is 0. The van der Waals surface area contributed by atoms with Crippen LogP contribution in [-0.2, 0) is 14.3 Å². The van der Waals surface area contributed by atoms with Crippen LogP contribution in [0.4, 0.5) is 0 Å². The van der Waals surface area contributed by atoms with Crippen LogP contribution in [0.15, 0.2) is 29.8 Å². The first-order valence-corrected chi connectivity index (χ1v) is 9.77. The quantitative estimate of drug-likeness (QED) is 0.592. The van der Waals surface area contributed by atoms with Gasteiger partial charge in [-0.25, -0.2) is 0 Å². The average Bonchev–Trinajstić information content (AvgIpc) is 2.60. The van der Waals surface area contributed by atoms with Crippen LogP contribution >= 0.6 is 0 Å². The number of carbonyl (C=O) groups excluding carboxylic acids is 3. The van der Waals surface area contributed by atoms with Gasteiger partial charge < -0.3 is 10.5 Å². The Hall–Kier alpha value is -2.27. The first-order chi connectivity index (χ1) is 12.9. The maximum Gasteiger partial charge on any atom is 0.323 e. The largest absolute Gasteiger partial charge is 0.460 e. The van der Waals surface area contributed by atoms with Gasteiger partial charge >= 0.3 is 5.97 Å². The number of rotatable bonds is 6. The third-order valence-corrected chi connectivity index (χ3v) is 5.15. The van der Waals surface area contributed by atoms with E-state index < -0.39 is 35.1 Å². The van der Waals surface area contributed by atoms with Crippen molar-refractivity contribution in [2.75, 3.05) is 0 Å². The smallest absolute Gasteiger partial charge is 0.323 e. The zero-order valence-electron chi connectivity index (χ0n) is 17.7. The van der Waals surface area contributed by atoms with Crippen molar-refractivity contribution in [3.05, 3.63) is 41.0 Å². The number of fused-ring (bicyclic) bond motifs is 1. The molecule has 2 N–H and O–H groups in total. The number of ether oxygens (including phenoxy) is 1. The highest BCUT2D eigenvalue weighted by Crippen LogP contribution is 2.35. The molecule has 0 spiro atoms. The van der Waals surface area contributed by atoms with Gasteiger partial charge in [0.1, 0.15) is 12.1 Å². The molecule has 5 heteroatoms. The van der Waals surface area contributed by atoms with Gasteiger partial charge in [0.15, 0.2) is 0 Å². The van der Waals surface area contributed by atoms with Gasteiger partial charge in [0.05, 0.1) is 0 Å². The van der Waals surface area contributed by atoms with E-state index in [4.69, 9.17) is 10.5 Å². The highest BCUT2D eigenvalue weighted by molar-refractivity contribution is 6.52. The second-order valence-electron chi connectivity index (χ2n) is 9.04. The topological polar surface area (TPSA) is 86.5 Å². The van der Waals surface area contributed by atoms with Crippen LogP contribution in [-0.4, -0.2) is 29.7 Å². The van der Waals surface area contributed by atoms with Gasteiger partial charge in [0.25, 0.3) is 0 Å². The minimum atomic E-state index is -0.704. The lowest BCUT2D eigenvalue weighted by Crippen LogP contribution is -2.41. The summed E-state index contributed by atoms with van der Waals surface area (Å²) < 4.78 is 5.74. The van der Waals surface area contributed by atoms with Crippen molar-refractivity contribution >= 4 is 23.1 Å². The van der Waals surface area contributed by atoms with Gasteiger partial charge in [0.2, 0.25) is 11.6 Å². The first-order valence-electron chi connectivity index (χ1n) is 9.77. The van der Waals surface area contributed by atoms with E-state index >= 15 is 0 Å². The van der Waals surface area contributed by atoms with E-state index in [1.165, 1.54) is 0 Å². The van der Waals surface area contributed by atoms with Crippen molar-refractivity contribution < 1.29 is 19.1 Å². The van der Waals surface area contributed by atoms with Crippen LogP contribution in [0.5, 0.6) is 0 Å². The molecule has 28 heavy (non-hydrogen) atoms. The van der Waals surface area contributed by atoms with Gasteiger partial charge in [-0.2, -0.15) is 0 Å². The molecule has 1 aromatic rings. The van der Waals surface area contributed by atoms with E-state index in [1.54, 1.807) is 12.1 Å². The Bertz CT molecular complexity index is 814. The van der Waals surface area contributed by atoms with Crippen molar-refractivity contribution in [3.8, 4) is 0 Å². The number of hydrogen-bond acceptors (Lipinski definition) is 5. The molecule has 0 radical (unpaired) electrons. The van der Waals surface area contributed by atoms with Gasteiger partial charge in [0, 0.05) is 17.6 Å². The van der Waals surface area contributed by atoms with Gasteiger partial charge in [-0.3, -0.25) is 14.4 Å². The molecule has 0 fully saturated rings. The SMILES string of the molecule is CC1=C(CC(OC(=O)C(N)CC(C)C)C(C)(C)C)C(=O)C(=O)c2ccccc21. The number of Topliss-reactive ketones (excluding diaryl/α,β-unsaturated/α-hetero) is 2. The summed E-state index contributed by atoms with van der Waals surface area (Å²) in [7, 11) is 0. The predicted octanol–water partition coefficient (Wildman–Crippen LogP) is 3.95. The lowest BCUT2D eigenvalue weighted by molar-refractivity contribution is -0.156. The molecular formula is C23H31NO4. The summed E-state index contributed by atoms with van der Waals surface area (Å²) in [4.78, 5) is 37.8. The van der Waals surface area contributed by atoms with Crippen LogP contribution in [0.25, 0.3) is 5.57 Å². The molecular weight excluding hydrogens is 354 g/mol. The summed E-state index contributed by atoms with van der Waals surface area (Å²) in [5.74, 6) is -1.23. The summed E-state index contributed by atoms with van der Waals surface area (Å²) in [5.41, 5.74) is 7.92. The average molecular weight is 386 g/mol. The van der Waals surface area contributed by atoms with E-state index in [0.717, 1.165) is 11.1 Å². The number of benzene rings is 1. The van der Waals surface area contributed by atoms with Crippen LogP contribution in [0, 0.1) is 11.3 Å². The first kappa shape index (κ1) is 22.0. The van der Waals surface area contributed by atoms with Crippen LogP contribution < -0.4 is 5.73 Å². The van der Waals surface area contributed by atoms with Crippen molar-refractivity contribution in [1.82, 2.24) is 0 Å². The van der Waals surface area contributed by atoms with E-state index in [0.29, 0.717) is 17.6 Å². The number of hydrogen-bond donors (Lipinski definition) is 1. The van der Waals surface area contributed by atoms with Crippen molar-refractivity contribution in [1.29, 1.82) is 0 Å². The molecule has 1 aliphatic carbocycles. The third kappa shape index (κ3) is 4.76. The molecule has 2 rings (SSSR count). The standard InChI is InChI=1S/C23H31NO4/c1-13(2)11-18(24)22(27)28-19(23(4,5)6)12-17-14(3)15-9-7-8-10-16(15)20(25)21(17)26/h7-10,13,18-19H,11-12,24H2,1-6H3. The summed E-state index contributed by atoms with van der Waals surface area (Å²) in [5, 5.41) is 0. The molecule has 0 heterocycles. The second kappa shape index (κ2) is 8.39. The fourth-order valence-electron chi connectivity index (χ4n) is 3.39. The van der Waals surface area contributed by atoms with Crippen LogP contribution in [0.2, 0.25) is 0 Å². The lowest BCUT2D eigenvalue weighted by Gasteiger charge is -2.33. The molecule has 1 aromatic carbocycles. The van der Waals surface area contributed by atoms with Crippen molar-refractivity contribution in [3.63, 3.8) is 0 Å². The molecule has 0 amide bonds. The minimum absolute atomic E-state index is 0.189. The second-order valence-corrected chi connectivity index (χ2v) is 9.04. The highest BCUT2D eigenvalue weighted by atomic mass is 16.5. The number of carbonyl (C=O) groups is 3. The highest BCUT2D eigenvalue weighted by Gasteiger charge is 2.37. The van der Waals surface area contributed by atoms with Crippen LogP contribution in [0.3, 0.4) is 0 Å². The molecule has 0 aliphatic heterocycles. The maximum absolute atomic E-state index is 12.8. The Morgan fingerprint density at radius 1 is 1.07 bits per heavy atom. The van der Waals surface area contributed by atoms with E-state index in [2.05, 4.69) is 0 Å². The summed E-state index contributed by atoms with van der Waals surface area (Å²) in [6.45, 7) is 11.6. The minimum Gasteiger partial charge on any atom is -0.460 e. The Morgan fingerprint density at radius 2 is 1.64 bits per heavy atom. The molecule has 0 aromatic heterocycles. The molecule has 5 nitrogen and oxygen atoms in total. The van der Waals surface area contributed by atoms with Gasteiger partial charge in [-0.15, -0.1) is 0 Å². The normalized spacial score (nSPS) is 16.9. The zero-order valence-corrected chi connectivity index (χ0v) is 17.7. The Balaban J connectivity index is 2.33. The van der Waals surface area contributed by atoms with Crippen molar-refractivity contribution in [2.45, 2.75) is 66.5 Å². The number of allylic oxidation sites excluding steroid dienone is 1. The molecule has 2 atom stereocenters. The Kier molecular flexibility index (Phi) is 6.60. The molecule has 1 aliphatic rings. The zero-order chi connectivity index (χ0) is 21.2. The van der Waals surface area contributed by atoms with Gasteiger partial charge in [-0.05, 0) is 35.8 Å². The Morgan fingerprint density at radius 3 is 2.18 bits per heavy atom. The summed E-state index contributed by atoms with van der Waals surface area (Å²) in [6.07, 6.45) is 0.154. The molecule has 0 saturated carbocycles. The summed E-state index contributed by atoms with van der Waals surface area (Å²) in [6, 6.07) is 6.39.